The third-order valence-corrected chi connectivity index (χ3v) is 8.70. The number of thioether (sulfide) groups is 1. The smallest absolute Gasteiger partial charge is 0.375 e. The van der Waals surface area contributed by atoms with Crippen molar-refractivity contribution in [2.75, 3.05) is 25.0 Å². The average molecular weight is 557 g/mol. The molecule has 5 rings (SSSR count). The van der Waals surface area contributed by atoms with Crippen LogP contribution in [0.5, 0.6) is 0 Å². The van der Waals surface area contributed by atoms with Gasteiger partial charge in [0, 0.05) is 43.9 Å². The maximum atomic E-state index is 13.7. The van der Waals surface area contributed by atoms with Crippen molar-refractivity contribution in [3.63, 3.8) is 0 Å². The van der Waals surface area contributed by atoms with E-state index in [1.54, 1.807) is 28.3 Å². The predicted octanol–water partition coefficient (Wildman–Crippen LogP) is 5.70. The zero-order chi connectivity index (χ0) is 27.6. The molecule has 2 aliphatic rings. The number of carbonyl (C=O) groups is 1. The molecular formula is C29H31F3N4O2S. The summed E-state index contributed by atoms with van der Waals surface area (Å²) in [6.45, 7) is 1.26. The van der Waals surface area contributed by atoms with Crippen LogP contribution >= 0.6 is 11.8 Å². The highest BCUT2D eigenvalue weighted by atomic mass is 32.2. The van der Waals surface area contributed by atoms with E-state index >= 15 is 0 Å². The Hall–Kier alpha value is -3.27. The second-order valence-corrected chi connectivity index (χ2v) is 11.4. The minimum absolute atomic E-state index is 0.0416. The summed E-state index contributed by atoms with van der Waals surface area (Å²) in [4.78, 5) is 35.3. The second-order valence-electron chi connectivity index (χ2n) is 10.1. The van der Waals surface area contributed by atoms with E-state index in [1.807, 2.05) is 35.2 Å². The highest BCUT2D eigenvalue weighted by Crippen LogP contribution is 2.36. The van der Waals surface area contributed by atoms with Gasteiger partial charge in [-0.05, 0) is 55.7 Å². The highest BCUT2D eigenvalue weighted by molar-refractivity contribution is 7.99. The van der Waals surface area contributed by atoms with E-state index in [4.69, 9.17) is 4.98 Å². The zero-order valence-corrected chi connectivity index (χ0v) is 22.6. The van der Waals surface area contributed by atoms with Gasteiger partial charge in [0.1, 0.15) is 0 Å². The Morgan fingerprint density at radius 3 is 2.46 bits per heavy atom. The minimum atomic E-state index is -4.37. The first-order valence-corrected chi connectivity index (χ1v) is 14.1. The maximum absolute atomic E-state index is 13.7. The molecule has 0 unspecified atom stereocenters. The zero-order valence-electron chi connectivity index (χ0n) is 21.8. The first kappa shape index (κ1) is 27.3. The van der Waals surface area contributed by atoms with Crippen LogP contribution in [0.2, 0.25) is 0 Å². The molecule has 1 amide bonds. The van der Waals surface area contributed by atoms with E-state index in [9.17, 15) is 22.8 Å². The number of carbonyl (C=O) groups excluding carboxylic acids is 1. The Morgan fingerprint density at radius 2 is 1.82 bits per heavy atom. The molecule has 3 aromatic rings. The molecule has 1 aliphatic carbocycles. The molecule has 10 heteroatoms. The van der Waals surface area contributed by atoms with Gasteiger partial charge in [0.15, 0.2) is 5.16 Å². The van der Waals surface area contributed by atoms with Crippen LogP contribution in [0.3, 0.4) is 0 Å². The first-order valence-electron chi connectivity index (χ1n) is 13.2. The van der Waals surface area contributed by atoms with Crippen molar-refractivity contribution >= 4 is 23.4 Å². The lowest BCUT2D eigenvalue weighted by Crippen LogP contribution is -2.41. The molecule has 2 aromatic carbocycles. The largest absolute Gasteiger partial charge is 0.416 e. The summed E-state index contributed by atoms with van der Waals surface area (Å²) in [6, 6.07) is 14.5. The van der Waals surface area contributed by atoms with Gasteiger partial charge >= 0.3 is 6.18 Å². The van der Waals surface area contributed by atoms with E-state index in [2.05, 4.69) is 0 Å². The maximum Gasteiger partial charge on any atom is 0.416 e. The number of fused-ring (bicyclic) bond motifs is 1. The lowest BCUT2D eigenvalue weighted by atomic mass is 10.0. The molecule has 0 bridgehead atoms. The molecule has 0 saturated heterocycles. The standard InChI is InChI=1S/C29H31F3N4O2S/c1-34(21-14-12-20(13-15-21)29(30,31)32)17-6-11-26(37)35-18-16-25-24(19-35)27(38)36(22-7-3-2-4-8-22)28(33-25)39-23-9-5-10-23/h2-4,7-8,12-15,23H,5-6,9-11,16-19H2,1H3. The fourth-order valence-electron chi connectivity index (χ4n) is 4.85. The van der Waals surface area contributed by atoms with Gasteiger partial charge < -0.3 is 9.80 Å². The topological polar surface area (TPSA) is 58.4 Å². The van der Waals surface area contributed by atoms with E-state index < -0.39 is 11.7 Å². The molecule has 0 radical (unpaired) electrons. The van der Waals surface area contributed by atoms with Gasteiger partial charge in [-0.1, -0.05) is 36.4 Å². The van der Waals surface area contributed by atoms with Gasteiger partial charge in [-0.3, -0.25) is 14.2 Å². The van der Waals surface area contributed by atoms with Gasteiger partial charge in [-0.2, -0.15) is 13.2 Å². The predicted molar refractivity (Wildman–Crippen MR) is 146 cm³/mol. The molecule has 0 spiro atoms. The Morgan fingerprint density at radius 1 is 1.10 bits per heavy atom. The van der Waals surface area contributed by atoms with Gasteiger partial charge in [0.05, 0.1) is 29.1 Å². The molecule has 6 nitrogen and oxygen atoms in total. The number of hydrogen-bond donors (Lipinski definition) is 0. The summed E-state index contributed by atoms with van der Waals surface area (Å²) in [6.07, 6.45) is 0.462. The minimum Gasteiger partial charge on any atom is -0.375 e. The SMILES string of the molecule is CN(CCCC(=O)N1CCc2nc(SC3CCC3)n(-c3ccccc3)c(=O)c2C1)c1ccc(C(F)(F)F)cc1. The number of para-hydroxylation sites is 1. The van der Waals surface area contributed by atoms with Crippen molar-refractivity contribution in [2.24, 2.45) is 0 Å². The fraction of sp³-hybridized carbons (Fsp3) is 0.414. The number of rotatable bonds is 8. The Labute approximate surface area is 229 Å². The van der Waals surface area contributed by atoms with Crippen molar-refractivity contribution < 1.29 is 18.0 Å². The number of nitrogens with zero attached hydrogens (tertiary/aromatic N) is 4. The monoisotopic (exact) mass is 556 g/mol. The quantitative estimate of drug-likeness (QED) is 0.334. The number of amides is 1. The van der Waals surface area contributed by atoms with Gasteiger partial charge in [-0.15, -0.1) is 0 Å². The number of anilines is 1. The molecule has 39 heavy (non-hydrogen) atoms. The molecule has 206 valence electrons. The molecule has 2 heterocycles. The number of aromatic nitrogens is 2. The summed E-state index contributed by atoms with van der Waals surface area (Å²) >= 11 is 1.67. The Balaban J connectivity index is 1.25. The summed E-state index contributed by atoms with van der Waals surface area (Å²) in [7, 11) is 1.79. The van der Waals surface area contributed by atoms with Crippen LogP contribution in [-0.2, 0) is 23.9 Å². The third kappa shape index (κ3) is 6.16. The Kier molecular flexibility index (Phi) is 8.02. The van der Waals surface area contributed by atoms with Crippen molar-refractivity contribution in [1.29, 1.82) is 0 Å². The number of alkyl halides is 3. The normalized spacial score (nSPS) is 15.5. The van der Waals surface area contributed by atoms with Crippen LogP contribution in [0.4, 0.5) is 18.9 Å². The van der Waals surface area contributed by atoms with Crippen molar-refractivity contribution in [3.05, 3.63) is 81.8 Å². The number of benzene rings is 2. The van der Waals surface area contributed by atoms with Crippen LogP contribution < -0.4 is 10.5 Å². The molecule has 1 aromatic heterocycles. The molecule has 0 atom stereocenters. The fourth-order valence-corrected chi connectivity index (χ4v) is 6.17. The van der Waals surface area contributed by atoms with Crippen LogP contribution in [-0.4, -0.2) is 45.7 Å². The van der Waals surface area contributed by atoms with E-state index in [0.29, 0.717) is 42.4 Å². The second kappa shape index (κ2) is 11.5. The highest BCUT2D eigenvalue weighted by Gasteiger charge is 2.30. The first-order chi connectivity index (χ1) is 18.7. The van der Waals surface area contributed by atoms with Crippen molar-refractivity contribution in [1.82, 2.24) is 14.5 Å². The van der Waals surface area contributed by atoms with Crippen LogP contribution in [0.1, 0.15) is 48.9 Å². The number of hydrogen-bond acceptors (Lipinski definition) is 5. The van der Waals surface area contributed by atoms with E-state index in [0.717, 1.165) is 41.5 Å². The summed E-state index contributed by atoms with van der Waals surface area (Å²) in [5, 5.41) is 1.20. The number of halogens is 3. The van der Waals surface area contributed by atoms with Crippen LogP contribution in [0.25, 0.3) is 5.69 Å². The molecule has 1 saturated carbocycles. The van der Waals surface area contributed by atoms with Crippen LogP contribution in [0.15, 0.2) is 64.5 Å². The van der Waals surface area contributed by atoms with Crippen molar-refractivity contribution in [3.8, 4) is 5.69 Å². The summed E-state index contributed by atoms with van der Waals surface area (Å²) < 4.78 is 40.2. The van der Waals surface area contributed by atoms with Gasteiger partial charge in [0.2, 0.25) is 5.91 Å². The van der Waals surface area contributed by atoms with Crippen molar-refractivity contribution in [2.45, 2.75) is 61.7 Å². The Bertz CT molecular complexity index is 1370. The third-order valence-electron chi connectivity index (χ3n) is 7.41. The lowest BCUT2D eigenvalue weighted by molar-refractivity contribution is -0.137. The lowest BCUT2D eigenvalue weighted by Gasteiger charge is -2.30. The van der Waals surface area contributed by atoms with E-state index in [-0.39, 0.29) is 24.4 Å². The molecule has 0 N–H and O–H groups in total. The average Bonchev–Trinajstić information content (AvgIpc) is 2.90. The molecule has 1 fully saturated rings. The van der Waals surface area contributed by atoms with Gasteiger partial charge in [0.25, 0.3) is 5.56 Å². The summed E-state index contributed by atoms with van der Waals surface area (Å²) in [5.74, 6) is -0.0416. The van der Waals surface area contributed by atoms with Gasteiger partial charge in [-0.25, -0.2) is 4.98 Å². The molecular weight excluding hydrogens is 525 g/mol. The van der Waals surface area contributed by atoms with Crippen LogP contribution in [0, 0.1) is 0 Å². The summed E-state index contributed by atoms with van der Waals surface area (Å²) in [5.41, 5.74) is 1.97. The van der Waals surface area contributed by atoms with E-state index in [1.165, 1.54) is 18.6 Å². The molecule has 1 aliphatic heterocycles.